The zero-order valence-electron chi connectivity index (χ0n) is 15.2. The van der Waals surface area contributed by atoms with E-state index in [9.17, 15) is 4.39 Å². The summed E-state index contributed by atoms with van der Waals surface area (Å²) in [4.78, 5) is 15.6. The van der Waals surface area contributed by atoms with Crippen molar-refractivity contribution in [1.82, 2.24) is 15.0 Å². The summed E-state index contributed by atoms with van der Waals surface area (Å²) in [6.07, 6.45) is 5.23. The van der Waals surface area contributed by atoms with Gasteiger partial charge in [0.15, 0.2) is 17.4 Å². The van der Waals surface area contributed by atoms with Gasteiger partial charge in [-0.05, 0) is 30.7 Å². The number of benzene rings is 1. The van der Waals surface area contributed by atoms with Crippen LogP contribution < -0.4 is 9.64 Å². The van der Waals surface area contributed by atoms with Crippen LogP contribution in [0.25, 0.3) is 11.5 Å². The van der Waals surface area contributed by atoms with Gasteiger partial charge in [0.2, 0.25) is 0 Å². The van der Waals surface area contributed by atoms with Crippen LogP contribution in [0.1, 0.15) is 24.6 Å². The molecule has 0 amide bonds. The maximum Gasteiger partial charge on any atom is 0.178 e. The second kappa shape index (κ2) is 7.70. The summed E-state index contributed by atoms with van der Waals surface area (Å²) in [6.45, 7) is 3.95. The second-order valence-corrected chi connectivity index (χ2v) is 6.52. The molecule has 2 aromatic heterocycles. The van der Waals surface area contributed by atoms with Crippen LogP contribution in [-0.2, 0) is 13.0 Å². The number of aromatic nitrogens is 3. The molecule has 0 unspecified atom stereocenters. The summed E-state index contributed by atoms with van der Waals surface area (Å²) in [5, 5.41) is 0. The van der Waals surface area contributed by atoms with E-state index in [1.807, 2.05) is 37.4 Å². The summed E-state index contributed by atoms with van der Waals surface area (Å²) in [7, 11) is 0. The Kier molecular flexibility index (Phi) is 4.96. The number of halogens is 1. The molecular formula is C21H21FN4O. The topological polar surface area (TPSA) is 51.1 Å². The van der Waals surface area contributed by atoms with Gasteiger partial charge < -0.3 is 9.64 Å². The van der Waals surface area contributed by atoms with E-state index >= 15 is 0 Å². The van der Waals surface area contributed by atoms with Crippen LogP contribution in [0.2, 0.25) is 0 Å². The van der Waals surface area contributed by atoms with Crippen molar-refractivity contribution in [3.63, 3.8) is 0 Å². The highest BCUT2D eigenvalue weighted by Gasteiger charge is 2.20. The Labute approximate surface area is 157 Å². The van der Waals surface area contributed by atoms with Gasteiger partial charge in [0.1, 0.15) is 5.69 Å². The molecule has 6 heteroatoms. The summed E-state index contributed by atoms with van der Waals surface area (Å²) >= 11 is 0. The molecule has 1 aliphatic heterocycles. The van der Waals surface area contributed by atoms with Crippen molar-refractivity contribution in [2.45, 2.75) is 26.3 Å². The van der Waals surface area contributed by atoms with Gasteiger partial charge >= 0.3 is 0 Å². The van der Waals surface area contributed by atoms with Gasteiger partial charge in [-0.1, -0.05) is 13.0 Å². The molecule has 1 aromatic carbocycles. The number of pyridine rings is 1. The number of nitrogens with zero attached hydrogens (tertiary/aromatic N) is 4. The lowest BCUT2D eigenvalue weighted by Crippen LogP contribution is -2.31. The highest BCUT2D eigenvalue weighted by atomic mass is 19.1. The van der Waals surface area contributed by atoms with Crippen LogP contribution in [0, 0.1) is 5.82 Å². The first-order valence-electron chi connectivity index (χ1n) is 9.18. The number of hydrogen-bond acceptors (Lipinski definition) is 5. The molecular weight excluding hydrogens is 343 g/mol. The molecule has 0 atom stereocenters. The Bertz CT molecular complexity index is 933. The largest absolute Gasteiger partial charge is 0.491 e. The van der Waals surface area contributed by atoms with Crippen molar-refractivity contribution >= 4 is 5.69 Å². The minimum atomic E-state index is -0.325. The fraction of sp³-hybridized carbons (Fsp3) is 0.286. The molecule has 4 rings (SSSR count). The molecule has 0 saturated carbocycles. The van der Waals surface area contributed by atoms with Crippen molar-refractivity contribution in [3.8, 4) is 17.3 Å². The Morgan fingerprint density at radius 2 is 2.11 bits per heavy atom. The van der Waals surface area contributed by atoms with E-state index in [0.29, 0.717) is 24.7 Å². The predicted molar refractivity (Wildman–Crippen MR) is 102 cm³/mol. The zero-order valence-corrected chi connectivity index (χ0v) is 15.2. The summed E-state index contributed by atoms with van der Waals surface area (Å²) in [6, 6.07) is 10.9. The third-order valence-corrected chi connectivity index (χ3v) is 4.57. The number of ether oxygens (including phenoxy) is 1. The van der Waals surface area contributed by atoms with Gasteiger partial charge in [0, 0.05) is 49.2 Å². The van der Waals surface area contributed by atoms with Crippen molar-refractivity contribution in [1.29, 1.82) is 0 Å². The molecule has 0 bridgehead atoms. The molecule has 3 heterocycles. The molecule has 0 radical (unpaired) electrons. The third-order valence-electron chi connectivity index (χ3n) is 4.57. The molecule has 0 N–H and O–H groups in total. The number of rotatable bonds is 5. The smallest absolute Gasteiger partial charge is 0.178 e. The van der Waals surface area contributed by atoms with Crippen LogP contribution in [0.4, 0.5) is 10.1 Å². The quantitative estimate of drug-likeness (QED) is 0.684. The third kappa shape index (κ3) is 3.74. The van der Waals surface area contributed by atoms with E-state index in [1.165, 1.54) is 0 Å². The Morgan fingerprint density at radius 1 is 1.19 bits per heavy atom. The molecule has 27 heavy (non-hydrogen) atoms. The molecule has 3 aromatic rings. The van der Waals surface area contributed by atoms with E-state index in [-0.39, 0.29) is 5.82 Å². The van der Waals surface area contributed by atoms with E-state index in [4.69, 9.17) is 4.74 Å². The van der Waals surface area contributed by atoms with Gasteiger partial charge in [-0.3, -0.25) is 4.98 Å². The molecule has 0 aliphatic carbocycles. The first-order chi connectivity index (χ1) is 13.2. The highest BCUT2D eigenvalue weighted by molar-refractivity contribution is 5.53. The first kappa shape index (κ1) is 17.4. The fourth-order valence-corrected chi connectivity index (χ4v) is 3.17. The minimum Gasteiger partial charge on any atom is -0.491 e. The molecule has 0 fully saturated rings. The summed E-state index contributed by atoms with van der Waals surface area (Å²) in [5.41, 5.74) is 3.71. The van der Waals surface area contributed by atoms with E-state index in [0.717, 1.165) is 42.0 Å². The Hall–Kier alpha value is -3.02. The predicted octanol–water partition coefficient (Wildman–Crippen LogP) is 4.03. The van der Waals surface area contributed by atoms with Gasteiger partial charge in [0.05, 0.1) is 12.3 Å². The SMILES string of the molecule is CCCOc1ccc(N2CCc3nc(-c4ccccn4)ncc3C2)cc1F. The van der Waals surface area contributed by atoms with Crippen molar-refractivity contribution in [2.24, 2.45) is 0 Å². The van der Waals surface area contributed by atoms with E-state index in [1.54, 1.807) is 18.3 Å². The Morgan fingerprint density at radius 3 is 2.89 bits per heavy atom. The fourth-order valence-electron chi connectivity index (χ4n) is 3.17. The minimum absolute atomic E-state index is 0.307. The van der Waals surface area contributed by atoms with Crippen LogP contribution in [0.5, 0.6) is 5.75 Å². The molecule has 5 nitrogen and oxygen atoms in total. The van der Waals surface area contributed by atoms with Crippen LogP contribution in [0.15, 0.2) is 48.8 Å². The number of fused-ring (bicyclic) bond motifs is 1. The van der Waals surface area contributed by atoms with Gasteiger partial charge in [-0.2, -0.15) is 0 Å². The summed E-state index contributed by atoms with van der Waals surface area (Å²) in [5.74, 6) is 0.626. The van der Waals surface area contributed by atoms with E-state index in [2.05, 4.69) is 19.9 Å². The van der Waals surface area contributed by atoms with Crippen LogP contribution >= 0.6 is 0 Å². The van der Waals surface area contributed by atoms with E-state index < -0.39 is 0 Å². The molecule has 1 aliphatic rings. The molecule has 0 spiro atoms. The Balaban J connectivity index is 1.52. The van der Waals surface area contributed by atoms with Crippen LogP contribution in [-0.4, -0.2) is 28.1 Å². The highest BCUT2D eigenvalue weighted by Crippen LogP contribution is 2.28. The lowest BCUT2D eigenvalue weighted by molar-refractivity contribution is 0.301. The van der Waals surface area contributed by atoms with Crippen molar-refractivity contribution in [2.75, 3.05) is 18.1 Å². The lowest BCUT2D eigenvalue weighted by Gasteiger charge is -2.30. The maximum atomic E-state index is 14.3. The van der Waals surface area contributed by atoms with Crippen molar-refractivity contribution < 1.29 is 9.13 Å². The van der Waals surface area contributed by atoms with Gasteiger partial charge in [-0.15, -0.1) is 0 Å². The molecule has 0 saturated heterocycles. The standard InChI is InChI=1S/C21H21FN4O/c1-2-11-27-20-7-6-16(12-17(20)22)26-10-8-18-15(14-26)13-24-21(25-18)19-5-3-4-9-23-19/h3-7,9,12-13H,2,8,10-11,14H2,1H3. The first-order valence-corrected chi connectivity index (χ1v) is 9.18. The average Bonchev–Trinajstić information content (AvgIpc) is 2.72. The average molecular weight is 364 g/mol. The lowest BCUT2D eigenvalue weighted by atomic mass is 10.1. The summed E-state index contributed by atoms with van der Waals surface area (Å²) < 4.78 is 19.7. The van der Waals surface area contributed by atoms with Gasteiger partial charge in [-0.25, -0.2) is 14.4 Å². The molecule has 138 valence electrons. The monoisotopic (exact) mass is 364 g/mol. The zero-order chi connectivity index (χ0) is 18.6. The number of hydrogen-bond donors (Lipinski definition) is 0. The van der Waals surface area contributed by atoms with Gasteiger partial charge in [0.25, 0.3) is 0 Å². The maximum absolute atomic E-state index is 14.3. The normalized spacial score (nSPS) is 13.3. The second-order valence-electron chi connectivity index (χ2n) is 6.52. The number of anilines is 1. The van der Waals surface area contributed by atoms with Crippen LogP contribution in [0.3, 0.4) is 0 Å². The van der Waals surface area contributed by atoms with Crippen molar-refractivity contribution in [3.05, 3.63) is 65.9 Å².